The van der Waals surface area contributed by atoms with E-state index in [0.717, 1.165) is 6.92 Å². The van der Waals surface area contributed by atoms with Gasteiger partial charge in [0, 0.05) is 0 Å². The van der Waals surface area contributed by atoms with Crippen LogP contribution in [-0.2, 0) is 12.4 Å². The highest BCUT2D eigenvalue weighted by atomic mass is 19.4. The molecule has 0 aliphatic rings. The van der Waals surface area contributed by atoms with E-state index in [1.165, 1.54) is 0 Å². The first kappa shape index (κ1) is 12.8. The fourth-order valence-corrected chi connectivity index (χ4v) is 1.19. The van der Waals surface area contributed by atoms with E-state index in [2.05, 4.69) is 0 Å². The number of aryl methyl sites for hydroxylation is 1. The van der Waals surface area contributed by atoms with Gasteiger partial charge in [0.25, 0.3) is 0 Å². The maximum Gasteiger partial charge on any atom is 0.419 e. The fourth-order valence-electron chi connectivity index (χ4n) is 1.19. The molecule has 0 aromatic heterocycles. The summed E-state index contributed by atoms with van der Waals surface area (Å²) in [7, 11) is 0. The Morgan fingerprint density at radius 1 is 0.875 bits per heavy atom. The largest absolute Gasteiger partial charge is 0.419 e. The molecule has 0 aliphatic carbocycles. The van der Waals surface area contributed by atoms with Crippen LogP contribution in [0.2, 0.25) is 0 Å². The number of alkyl halides is 6. The minimum Gasteiger partial charge on any atom is -0.206 e. The van der Waals surface area contributed by atoms with Crippen LogP contribution < -0.4 is 0 Å². The molecule has 0 radical (unpaired) electrons. The molecular weight excluding hydrogens is 241 g/mol. The van der Waals surface area contributed by atoms with Gasteiger partial charge in [-0.25, -0.2) is 4.39 Å². The molecule has 0 aliphatic heterocycles. The number of benzene rings is 1. The van der Waals surface area contributed by atoms with Crippen LogP contribution in [0.15, 0.2) is 12.1 Å². The Morgan fingerprint density at radius 3 is 1.75 bits per heavy atom. The molecular formula is C9H5F7. The van der Waals surface area contributed by atoms with Crippen LogP contribution in [0.1, 0.15) is 16.7 Å². The molecule has 0 fully saturated rings. The van der Waals surface area contributed by atoms with E-state index in [9.17, 15) is 30.7 Å². The van der Waals surface area contributed by atoms with E-state index < -0.39 is 34.9 Å². The quantitative estimate of drug-likeness (QED) is 0.602. The van der Waals surface area contributed by atoms with Gasteiger partial charge in [-0.05, 0) is 18.6 Å². The van der Waals surface area contributed by atoms with E-state index in [1.54, 1.807) is 0 Å². The molecule has 7 heteroatoms. The molecule has 0 atom stereocenters. The summed E-state index contributed by atoms with van der Waals surface area (Å²) in [6.07, 6.45) is -10.6. The molecule has 0 bridgehead atoms. The highest BCUT2D eigenvalue weighted by Crippen LogP contribution is 2.42. The predicted octanol–water partition coefficient (Wildman–Crippen LogP) is 4.17. The topological polar surface area (TPSA) is 0 Å². The summed E-state index contributed by atoms with van der Waals surface area (Å²) in [6, 6.07) is 0.884. The van der Waals surface area contributed by atoms with Crippen molar-refractivity contribution in [2.45, 2.75) is 19.3 Å². The number of halogens is 7. The van der Waals surface area contributed by atoms with Gasteiger partial charge in [0.05, 0.1) is 5.56 Å². The van der Waals surface area contributed by atoms with Gasteiger partial charge >= 0.3 is 12.4 Å². The van der Waals surface area contributed by atoms with E-state index in [4.69, 9.17) is 0 Å². The smallest absolute Gasteiger partial charge is 0.206 e. The average Bonchev–Trinajstić information content (AvgIpc) is 2.05. The summed E-state index contributed by atoms with van der Waals surface area (Å²) < 4.78 is 86.6. The molecule has 90 valence electrons. The van der Waals surface area contributed by atoms with Crippen molar-refractivity contribution in [1.29, 1.82) is 0 Å². The Kier molecular flexibility index (Phi) is 2.91. The van der Waals surface area contributed by atoms with Crippen molar-refractivity contribution in [3.8, 4) is 0 Å². The summed E-state index contributed by atoms with van der Waals surface area (Å²) in [5.41, 5.74) is -4.76. The zero-order chi connectivity index (χ0) is 12.7. The average molecular weight is 246 g/mol. The van der Waals surface area contributed by atoms with Crippen molar-refractivity contribution in [2.24, 2.45) is 0 Å². The lowest BCUT2D eigenvalue weighted by Crippen LogP contribution is -2.19. The van der Waals surface area contributed by atoms with Crippen LogP contribution >= 0.6 is 0 Å². The van der Waals surface area contributed by atoms with E-state index in [0.29, 0.717) is 6.07 Å². The van der Waals surface area contributed by atoms with Crippen molar-refractivity contribution in [3.05, 3.63) is 34.6 Å². The third-order valence-corrected chi connectivity index (χ3v) is 1.92. The molecule has 0 N–H and O–H groups in total. The normalized spacial score (nSPS) is 13.0. The first-order valence-corrected chi connectivity index (χ1v) is 3.98. The Hall–Kier alpha value is -1.27. The maximum absolute atomic E-state index is 13.1. The molecule has 16 heavy (non-hydrogen) atoms. The second-order valence-corrected chi connectivity index (χ2v) is 3.11. The van der Waals surface area contributed by atoms with Crippen LogP contribution in [0.25, 0.3) is 0 Å². The standard InChI is InChI=1S/C9H5F7/c1-4-2-3-5(8(11,12)13)6(7(4)10)9(14,15)16/h2-3H,1H3. The van der Waals surface area contributed by atoms with Crippen LogP contribution in [0.3, 0.4) is 0 Å². The summed E-state index contributed by atoms with van der Waals surface area (Å²) in [4.78, 5) is 0. The van der Waals surface area contributed by atoms with Crippen molar-refractivity contribution in [2.75, 3.05) is 0 Å². The van der Waals surface area contributed by atoms with E-state index in [1.807, 2.05) is 0 Å². The lowest BCUT2D eigenvalue weighted by atomic mass is 10.0. The van der Waals surface area contributed by atoms with Crippen LogP contribution in [-0.4, -0.2) is 0 Å². The van der Waals surface area contributed by atoms with Gasteiger partial charge in [0.2, 0.25) is 0 Å². The van der Waals surface area contributed by atoms with Crippen LogP contribution in [0.5, 0.6) is 0 Å². The minimum absolute atomic E-state index is 0.223. The zero-order valence-corrected chi connectivity index (χ0v) is 7.80. The molecule has 1 rings (SSSR count). The Morgan fingerprint density at radius 2 is 1.38 bits per heavy atom. The van der Waals surface area contributed by atoms with Crippen molar-refractivity contribution in [3.63, 3.8) is 0 Å². The Labute approximate surface area is 85.7 Å². The molecule has 0 amide bonds. The molecule has 1 aromatic carbocycles. The third kappa shape index (κ3) is 2.28. The molecule has 0 spiro atoms. The van der Waals surface area contributed by atoms with Gasteiger partial charge in [-0.1, -0.05) is 6.07 Å². The summed E-state index contributed by atoms with van der Waals surface area (Å²) in [5.74, 6) is -1.89. The van der Waals surface area contributed by atoms with Gasteiger partial charge in [0.1, 0.15) is 11.4 Å². The second kappa shape index (κ2) is 3.64. The third-order valence-electron chi connectivity index (χ3n) is 1.92. The van der Waals surface area contributed by atoms with E-state index >= 15 is 0 Å². The summed E-state index contributed by atoms with van der Waals surface area (Å²) >= 11 is 0. The zero-order valence-electron chi connectivity index (χ0n) is 7.80. The number of hydrogen-bond donors (Lipinski definition) is 0. The molecule has 0 unspecified atom stereocenters. The fraction of sp³-hybridized carbons (Fsp3) is 0.333. The van der Waals surface area contributed by atoms with E-state index in [-0.39, 0.29) is 6.07 Å². The van der Waals surface area contributed by atoms with Gasteiger partial charge in [-0.2, -0.15) is 26.3 Å². The Bertz CT molecular complexity index is 400. The van der Waals surface area contributed by atoms with Crippen molar-refractivity contribution in [1.82, 2.24) is 0 Å². The van der Waals surface area contributed by atoms with Crippen molar-refractivity contribution < 1.29 is 30.7 Å². The van der Waals surface area contributed by atoms with Crippen LogP contribution in [0.4, 0.5) is 30.7 Å². The lowest BCUT2D eigenvalue weighted by molar-refractivity contribution is -0.163. The predicted molar refractivity (Wildman–Crippen MR) is 41.1 cm³/mol. The summed E-state index contributed by atoms with van der Waals surface area (Å²) in [6.45, 7) is 0.963. The first-order valence-electron chi connectivity index (χ1n) is 3.98. The molecule has 0 saturated carbocycles. The van der Waals surface area contributed by atoms with Gasteiger partial charge in [0.15, 0.2) is 0 Å². The highest BCUT2D eigenvalue weighted by molar-refractivity contribution is 5.37. The second-order valence-electron chi connectivity index (χ2n) is 3.11. The molecule has 0 saturated heterocycles. The SMILES string of the molecule is Cc1ccc(C(F)(F)F)c(C(F)(F)F)c1F. The molecule has 1 aromatic rings. The maximum atomic E-state index is 13.1. The van der Waals surface area contributed by atoms with Gasteiger partial charge < -0.3 is 0 Å². The molecule has 0 heterocycles. The number of rotatable bonds is 0. The van der Waals surface area contributed by atoms with Gasteiger partial charge in [-0.3, -0.25) is 0 Å². The molecule has 0 nitrogen and oxygen atoms in total. The highest BCUT2D eigenvalue weighted by Gasteiger charge is 2.45. The Balaban J connectivity index is 3.59. The van der Waals surface area contributed by atoms with Crippen LogP contribution in [0, 0.1) is 12.7 Å². The minimum atomic E-state index is -5.37. The number of hydrogen-bond acceptors (Lipinski definition) is 0. The summed E-state index contributed by atoms with van der Waals surface area (Å²) in [5, 5.41) is 0. The first-order chi connectivity index (χ1) is 7.05. The van der Waals surface area contributed by atoms with Crippen molar-refractivity contribution >= 4 is 0 Å². The monoisotopic (exact) mass is 246 g/mol. The lowest BCUT2D eigenvalue weighted by Gasteiger charge is -2.16. The van der Waals surface area contributed by atoms with Gasteiger partial charge in [-0.15, -0.1) is 0 Å².